The lowest BCUT2D eigenvalue weighted by Crippen LogP contribution is -2.42. The van der Waals surface area contributed by atoms with Crippen molar-refractivity contribution in [3.05, 3.63) is 30.5 Å². The molecule has 0 spiro atoms. The van der Waals surface area contributed by atoms with Gasteiger partial charge in [0.05, 0.1) is 12.3 Å². The Morgan fingerprint density at radius 3 is 2.69 bits per heavy atom. The van der Waals surface area contributed by atoms with E-state index in [1.165, 1.54) is 0 Å². The van der Waals surface area contributed by atoms with Crippen molar-refractivity contribution in [1.29, 1.82) is 0 Å². The van der Waals surface area contributed by atoms with Gasteiger partial charge in [-0.3, -0.25) is 9.78 Å². The Hall–Kier alpha value is -2.14. The van der Waals surface area contributed by atoms with E-state index < -0.39 is 5.60 Å². The number of hydrogen-bond donors (Lipinski definition) is 1. The first kappa shape index (κ1) is 20.2. The number of carbonyl (C=O) groups is 1. The molecule has 0 saturated heterocycles. The Labute approximate surface area is 156 Å². The van der Waals surface area contributed by atoms with Crippen molar-refractivity contribution in [3.8, 4) is 5.75 Å². The highest BCUT2D eigenvalue weighted by Crippen LogP contribution is 2.31. The van der Waals surface area contributed by atoms with Crippen LogP contribution < -0.4 is 10.1 Å². The van der Waals surface area contributed by atoms with Crippen LogP contribution in [0.4, 0.5) is 5.69 Å². The molecule has 142 valence electrons. The summed E-state index contributed by atoms with van der Waals surface area (Å²) in [5.74, 6) is 1.01. The summed E-state index contributed by atoms with van der Waals surface area (Å²) < 4.78 is 11.7. The Bertz CT molecular complexity index is 745. The lowest BCUT2D eigenvalue weighted by atomic mass is 10.0. The summed E-state index contributed by atoms with van der Waals surface area (Å²) in [4.78, 5) is 17.3. The third-order valence-electron chi connectivity index (χ3n) is 4.33. The van der Waals surface area contributed by atoms with Crippen molar-refractivity contribution < 1.29 is 14.3 Å². The molecule has 0 aliphatic heterocycles. The number of ether oxygens (including phenoxy) is 2. The van der Waals surface area contributed by atoms with Crippen LogP contribution >= 0.6 is 0 Å². The molecule has 1 aromatic heterocycles. The maximum absolute atomic E-state index is 12.8. The van der Waals surface area contributed by atoms with Gasteiger partial charge in [-0.2, -0.15) is 0 Å². The predicted molar refractivity (Wildman–Crippen MR) is 106 cm³/mol. The van der Waals surface area contributed by atoms with Gasteiger partial charge in [-0.15, -0.1) is 0 Å². The quantitative estimate of drug-likeness (QED) is 0.699. The lowest BCUT2D eigenvalue weighted by Gasteiger charge is -2.27. The minimum absolute atomic E-state index is 0.144. The minimum atomic E-state index is -0.850. The van der Waals surface area contributed by atoms with Gasteiger partial charge in [0.15, 0.2) is 0 Å². The second-order valence-electron chi connectivity index (χ2n) is 7.10. The molecule has 1 amide bonds. The third kappa shape index (κ3) is 4.73. The number of aromatic nitrogens is 1. The van der Waals surface area contributed by atoms with Crippen LogP contribution in [0.1, 0.15) is 47.5 Å². The van der Waals surface area contributed by atoms with E-state index in [4.69, 9.17) is 9.47 Å². The molecule has 1 aromatic carbocycles. The summed E-state index contributed by atoms with van der Waals surface area (Å²) in [7, 11) is 0. The molecule has 0 saturated carbocycles. The maximum Gasteiger partial charge on any atom is 0.256 e. The highest BCUT2D eigenvalue weighted by atomic mass is 16.5. The lowest BCUT2D eigenvalue weighted by molar-refractivity contribution is -0.139. The largest absolute Gasteiger partial charge is 0.491 e. The fourth-order valence-electron chi connectivity index (χ4n) is 2.54. The molecule has 0 bridgehead atoms. The molecule has 26 heavy (non-hydrogen) atoms. The summed E-state index contributed by atoms with van der Waals surface area (Å²) >= 11 is 0. The summed E-state index contributed by atoms with van der Waals surface area (Å²) in [6, 6.07) is 7.53. The second kappa shape index (κ2) is 8.99. The molecule has 1 atom stereocenters. The average Bonchev–Trinajstić information content (AvgIpc) is 2.65. The van der Waals surface area contributed by atoms with Gasteiger partial charge in [-0.25, -0.2) is 0 Å². The minimum Gasteiger partial charge on any atom is -0.491 e. The van der Waals surface area contributed by atoms with E-state index >= 15 is 0 Å². The molecule has 2 rings (SSSR count). The third-order valence-corrected chi connectivity index (χ3v) is 4.33. The van der Waals surface area contributed by atoms with E-state index in [1.807, 2.05) is 45.0 Å². The molecule has 5 nitrogen and oxygen atoms in total. The molecular weight excluding hydrogens is 328 g/mol. The molecular formula is C21H30N2O3. The van der Waals surface area contributed by atoms with E-state index in [0.29, 0.717) is 25.6 Å². The fourth-order valence-corrected chi connectivity index (χ4v) is 2.54. The highest BCUT2D eigenvalue weighted by Gasteiger charge is 2.32. The number of amides is 1. The number of rotatable bonds is 9. The van der Waals surface area contributed by atoms with Crippen LogP contribution in [0, 0.1) is 5.92 Å². The van der Waals surface area contributed by atoms with Crippen LogP contribution in [-0.4, -0.2) is 29.7 Å². The maximum atomic E-state index is 12.8. The normalized spacial score (nSPS) is 13.6. The number of benzene rings is 1. The fraction of sp³-hybridized carbons (Fsp3) is 0.524. The van der Waals surface area contributed by atoms with Gasteiger partial charge in [0, 0.05) is 18.2 Å². The van der Waals surface area contributed by atoms with Crippen molar-refractivity contribution >= 4 is 22.5 Å². The van der Waals surface area contributed by atoms with Gasteiger partial charge >= 0.3 is 0 Å². The first-order chi connectivity index (χ1) is 12.4. The van der Waals surface area contributed by atoms with Gasteiger partial charge < -0.3 is 14.8 Å². The molecule has 0 aliphatic carbocycles. The van der Waals surface area contributed by atoms with Crippen LogP contribution in [0.25, 0.3) is 10.9 Å². The molecule has 1 unspecified atom stereocenters. The molecule has 2 aromatic rings. The van der Waals surface area contributed by atoms with E-state index in [0.717, 1.165) is 28.8 Å². The number of anilines is 1. The van der Waals surface area contributed by atoms with Gasteiger partial charge in [-0.1, -0.05) is 27.7 Å². The number of hydrogen-bond acceptors (Lipinski definition) is 4. The zero-order chi connectivity index (χ0) is 19.2. The highest BCUT2D eigenvalue weighted by molar-refractivity contribution is 6.05. The first-order valence-corrected chi connectivity index (χ1v) is 9.37. The summed E-state index contributed by atoms with van der Waals surface area (Å²) in [6.45, 7) is 11.2. The van der Waals surface area contributed by atoms with E-state index in [2.05, 4.69) is 24.1 Å². The molecule has 5 heteroatoms. The van der Waals surface area contributed by atoms with Gasteiger partial charge in [-0.05, 0) is 49.9 Å². The number of pyridine rings is 1. The Balaban J connectivity index is 2.30. The topological polar surface area (TPSA) is 60.5 Å². The van der Waals surface area contributed by atoms with Crippen LogP contribution in [0.15, 0.2) is 30.5 Å². The number of nitrogens with zero attached hydrogens (tertiary/aromatic N) is 1. The molecule has 1 heterocycles. The van der Waals surface area contributed by atoms with Crippen molar-refractivity contribution in [2.75, 3.05) is 18.5 Å². The summed E-state index contributed by atoms with van der Waals surface area (Å²) in [5.41, 5.74) is 0.616. The average molecular weight is 358 g/mol. The number of carbonyl (C=O) groups excluding carboxylic acids is 1. The molecule has 1 N–H and O–H groups in total. The van der Waals surface area contributed by atoms with E-state index in [1.54, 1.807) is 6.20 Å². The summed E-state index contributed by atoms with van der Waals surface area (Å²) in [5, 5.41) is 3.88. The van der Waals surface area contributed by atoms with E-state index in [9.17, 15) is 4.79 Å². The van der Waals surface area contributed by atoms with Crippen LogP contribution in [0.3, 0.4) is 0 Å². The van der Waals surface area contributed by atoms with Crippen LogP contribution in [0.2, 0.25) is 0 Å². The zero-order valence-electron chi connectivity index (χ0n) is 16.5. The predicted octanol–water partition coefficient (Wildman–Crippen LogP) is 4.80. The Morgan fingerprint density at radius 2 is 2.04 bits per heavy atom. The second-order valence-corrected chi connectivity index (χ2v) is 7.10. The molecule has 0 aliphatic rings. The first-order valence-electron chi connectivity index (χ1n) is 9.37. The molecule has 0 fully saturated rings. The Morgan fingerprint density at radius 1 is 1.27 bits per heavy atom. The van der Waals surface area contributed by atoms with Crippen LogP contribution in [-0.2, 0) is 9.53 Å². The van der Waals surface area contributed by atoms with Crippen LogP contribution in [0.5, 0.6) is 5.75 Å². The number of fused-ring (bicyclic) bond motifs is 1. The van der Waals surface area contributed by atoms with Gasteiger partial charge in [0.1, 0.15) is 16.9 Å². The standard InChI is InChI=1S/C21H30N2O3/c1-6-13-26-21(5,7-2)20(24)23-17-10-11-18(25-14-15(3)4)19-16(17)9-8-12-22-19/h8-12,15H,6-7,13-14H2,1-5H3,(H,23,24). The monoisotopic (exact) mass is 358 g/mol. The number of nitrogens with one attached hydrogen (secondary N) is 1. The SMILES string of the molecule is CCCOC(C)(CC)C(=O)Nc1ccc(OCC(C)C)c2ncccc12. The van der Waals surface area contributed by atoms with Crippen molar-refractivity contribution in [2.45, 2.75) is 53.1 Å². The molecule has 0 radical (unpaired) electrons. The van der Waals surface area contributed by atoms with Gasteiger partial charge in [0.2, 0.25) is 0 Å². The summed E-state index contributed by atoms with van der Waals surface area (Å²) in [6.07, 6.45) is 3.21. The smallest absolute Gasteiger partial charge is 0.256 e. The van der Waals surface area contributed by atoms with Crippen molar-refractivity contribution in [2.24, 2.45) is 5.92 Å². The van der Waals surface area contributed by atoms with Crippen molar-refractivity contribution in [3.63, 3.8) is 0 Å². The van der Waals surface area contributed by atoms with Gasteiger partial charge in [0.25, 0.3) is 5.91 Å². The zero-order valence-corrected chi connectivity index (χ0v) is 16.5. The van der Waals surface area contributed by atoms with Crippen molar-refractivity contribution in [1.82, 2.24) is 4.98 Å². The van der Waals surface area contributed by atoms with E-state index in [-0.39, 0.29) is 5.91 Å². The Kier molecular flexibility index (Phi) is 6.98.